The summed E-state index contributed by atoms with van der Waals surface area (Å²) < 4.78 is 5.22. The minimum Gasteiger partial charge on any atom is -0.469 e. The maximum atomic E-state index is 12.7. The van der Waals surface area contributed by atoms with Gasteiger partial charge in [-0.25, -0.2) is 0 Å². The Balaban J connectivity index is 1.74. The molecule has 3 nitrogen and oxygen atoms in total. The Bertz CT molecular complexity index is 598. The van der Waals surface area contributed by atoms with Crippen molar-refractivity contribution in [3.8, 4) is 0 Å². The van der Waals surface area contributed by atoms with Gasteiger partial charge < -0.3 is 4.74 Å². The quantitative estimate of drug-likeness (QED) is 0.663. The highest BCUT2D eigenvalue weighted by Crippen LogP contribution is 2.73. The molecule has 0 saturated heterocycles. The second-order valence-electron chi connectivity index (χ2n) is 10.2. The fraction of sp³-hybridized carbons (Fsp3) is 0.905. The molecule has 4 saturated carbocycles. The second-order valence-corrected chi connectivity index (χ2v) is 10.2. The lowest BCUT2D eigenvalue weighted by Crippen LogP contribution is -2.58. The van der Waals surface area contributed by atoms with Crippen LogP contribution in [0.15, 0.2) is 0 Å². The van der Waals surface area contributed by atoms with Crippen molar-refractivity contribution < 1.29 is 14.3 Å². The fourth-order valence-corrected chi connectivity index (χ4v) is 7.98. The molecule has 4 aliphatic rings. The number of methoxy groups -OCH3 is 1. The number of esters is 1. The lowest BCUT2D eigenvalue weighted by Gasteiger charge is -2.63. The molecule has 4 aliphatic carbocycles. The number of carbonyl (C=O) groups excluding carboxylic acids is 2. The van der Waals surface area contributed by atoms with Crippen LogP contribution in [0.3, 0.4) is 0 Å². The Labute approximate surface area is 145 Å². The van der Waals surface area contributed by atoms with E-state index in [4.69, 9.17) is 4.74 Å². The zero-order valence-corrected chi connectivity index (χ0v) is 15.7. The third-order valence-corrected chi connectivity index (χ3v) is 9.01. The molecule has 0 aromatic rings. The monoisotopic (exact) mass is 332 g/mol. The molecule has 1 spiro atoms. The number of Topliss-reactive ketones (excluding diaryl/α,β-unsaturated/α-hetero) is 1. The summed E-state index contributed by atoms with van der Waals surface area (Å²) >= 11 is 0. The van der Waals surface area contributed by atoms with Gasteiger partial charge in [0.15, 0.2) is 0 Å². The minimum absolute atomic E-state index is 0.0162. The van der Waals surface area contributed by atoms with Crippen molar-refractivity contribution in [2.75, 3.05) is 7.11 Å². The summed E-state index contributed by atoms with van der Waals surface area (Å²) in [5, 5.41) is 0. The summed E-state index contributed by atoms with van der Waals surface area (Å²) in [6.07, 6.45) is 9.61. The summed E-state index contributed by atoms with van der Waals surface area (Å²) in [6, 6.07) is 0. The Morgan fingerprint density at radius 2 is 1.75 bits per heavy atom. The van der Waals surface area contributed by atoms with E-state index >= 15 is 0 Å². The number of rotatable bonds is 1. The molecule has 0 N–H and O–H groups in total. The molecule has 0 radical (unpaired) electrons. The number of hydrogen-bond donors (Lipinski definition) is 0. The van der Waals surface area contributed by atoms with Crippen molar-refractivity contribution >= 4 is 11.8 Å². The molecule has 3 heteroatoms. The van der Waals surface area contributed by atoms with Gasteiger partial charge in [-0.3, -0.25) is 9.59 Å². The molecule has 4 fully saturated rings. The van der Waals surface area contributed by atoms with E-state index in [0.29, 0.717) is 17.6 Å². The van der Waals surface area contributed by atoms with Crippen LogP contribution in [0.4, 0.5) is 0 Å². The molecule has 0 aromatic carbocycles. The van der Waals surface area contributed by atoms with Crippen LogP contribution in [0.25, 0.3) is 0 Å². The summed E-state index contributed by atoms with van der Waals surface area (Å²) in [4.78, 5) is 25.3. The van der Waals surface area contributed by atoms with Crippen LogP contribution in [0.2, 0.25) is 0 Å². The van der Waals surface area contributed by atoms with E-state index in [1.54, 1.807) is 0 Å². The summed E-state index contributed by atoms with van der Waals surface area (Å²) in [5.74, 6) is 1.51. The number of hydrogen-bond acceptors (Lipinski definition) is 3. The van der Waals surface area contributed by atoms with Crippen LogP contribution >= 0.6 is 0 Å². The summed E-state index contributed by atoms with van der Waals surface area (Å²) in [7, 11) is 1.53. The maximum Gasteiger partial charge on any atom is 0.311 e. The van der Waals surface area contributed by atoms with Gasteiger partial charge in [0.05, 0.1) is 12.5 Å². The predicted molar refractivity (Wildman–Crippen MR) is 92.3 cm³/mol. The van der Waals surface area contributed by atoms with Gasteiger partial charge in [-0.1, -0.05) is 20.3 Å². The average molecular weight is 332 g/mol. The molecule has 2 bridgehead atoms. The van der Waals surface area contributed by atoms with E-state index in [2.05, 4.69) is 20.8 Å². The van der Waals surface area contributed by atoms with Gasteiger partial charge in [0.1, 0.15) is 5.78 Å². The topological polar surface area (TPSA) is 43.4 Å². The first-order valence-corrected chi connectivity index (χ1v) is 9.82. The van der Waals surface area contributed by atoms with Crippen LogP contribution in [0.1, 0.15) is 78.6 Å². The number of fused-ring (bicyclic) bond motifs is 3. The van der Waals surface area contributed by atoms with Crippen LogP contribution in [0.5, 0.6) is 0 Å². The molecular formula is C21H32O3. The maximum absolute atomic E-state index is 12.7. The first-order valence-electron chi connectivity index (χ1n) is 9.82. The third-order valence-electron chi connectivity index (χ3n) is 9.01. The molecule has 4 rings (SSSR count). The van der Waals surface area contributed by atoms with E-state index in [-0.39, 0.29) is 27.6 Å². The Hall–Kier alpha value is -0.860. The zero-order valence-electron chi connectivity index (χ0n) is 15.7. The highest BCUT2D eigenvalue weighted by molar-refractivity contribution is 5.88. The SMILES string of the molecule is COC(=O)[C@@]1(C)CCC[C@]2(C)C3CC[C@]4(C)C[C@]3(CC[C@H]12)CC4=O. The Kier molecular flexibility index (Phi) is 3.36. The first-order chi connectivity index (χ1) is 11.2. The Morgan fingerprint density at radius 1 is 1.04 bits per heavy atom. The van der Waals surface area contributed by atoms with E-state index in [0.717, 1.165) is 44.9 Å². The second kappa shape index (κ2) is 4.86. The van der Waals surface area contributed by atoms with Crippen LogP contribution in [0, 0.1) is 33.5 Å². The molecule has 134 valence electrons. The van der Waals surface area contributed by atoms with Gasteiger partial charge in [-0.05, 0) is 74.5 Å². The van der Waals surface area contributed by atoms with E-state index in [9.17, 15) is 9.59 Å². The highest BCUT2D eigenvalue weighted by Gasteiger charge is 2.68. The van der Waals surface area contributed by atoms with Gasteiger partial charge in [0, 0.05) is 11.8 Å². The summed E-state index contributed by atoms with van der Waals surface area (Å²) in [5.41, 5.74) is 0.0157. The van der Waals surface area contributed by atoms with Gasteiger partial charge in [-0.2, -0.15) is 0 Å². The van der Waals surface area contributed by atoms with Crippen LogP contribution in [-0.2, 0) is 14.3 Å². The van der Waals surface area contributed by atoms with E-state index in [1.807, 2.05) is 0 Å². The molecule has 0 amide bonds. The number of carbonyl (C=O) groups is 2. The zero-order chi connectivity index (χ0) is 17.4. The average Bonchev–Trinajstić information content (AvgIpc) is 2.70. The van der Waals surface area contributed by atoms with Crippen molar-refractivity contribution in [3.05, 3.63) is 0 Å². The van der Waals surface area contributed by atoms with E-state index < -0.39 is 0 Å². The smallest absolute Gasteiger partial charge is 0.311 e. The highest BCUT2D eigenvalue weighted by atomic mass is 16.5. The normalized spacial score (nSPS) is 53.2. The van der Waals surface area contributed by atoms with E-state index in [1.165, 1.54) is 20.0 Å². The predicted octanol–water partition coefficient (Wildman–Crippen LogP) is 4.53. The van der Waals surface area contributed by atoms with Crippen LogP contribution in [-0.4, -0.2) is 18.9 Å². The molecule has 0 aliphatic heterocycles. The molecule has 0 aromatic heterocycles. The third kappa shape index (κ3) is 1.85. The molecule has 0 heterocycles. The number of ether oxygens (including phenoxy) is 1. The van der Waals surface area contributed by atoms with Crippen molar-refractivity contribution in [2.45, 2.75) is 78.6 Å². The summed E-state index contributed by atoms with van der Waals surface area (Å²) in [6.45, 7) is 6.79. The first kappa shape index (κ1) is 16.6. The van der Waals surface area contributed by atoms with Gasteiger partial charge in [0.25, 0.3) is 0 Å². The lowest BCUT2D eigenvalue weighted by molar-refractivity contribution is -0.185. The molecule has 24 heavy (non-hydrogen) atoms. The van der Waals surface area contributed by atoms with Gasteiger partial charge in [0.2, 0.25) is 0 Å². The number of ketones is 1. The van der Waals surface area contributed by atoms with Gasteiger partial charge in [-0.15, -0.1) is 0 Å². The standard InChI is InChI=1S/C21H32O3/c1-18-10-6-15-19(2)8-5-9-20(3,17(23)24-4)14(19)7-11-21(15,13-18)12-16(18)22/h14-15H,5-13H2,1-4H3/t14-,15?,18+,19-,20-,21-/m0/s1. The minimum atomic E-state index is -0.341. The fourth-order valence-electron chi connectivity index (χ4n) is 7.98. The lowest BCUT2D eigenvalue weighted by atomic mass is 9.40. The van der Waals surface area contributed by atoms with Crippen molar-refractivity contribution in [1.29, 1.82) is 0 Å². The molecule has 6 atom stereocenters. The van der Waals surface area contributed by atoms with Gasteiger partial charge >= 0.3 is 5.97 Å². The molecular weight excluding hydrogens is 300 g/mol. The molecule has 1 unspecified atom stereocenters. The Morgan fingerprint density at radius 3 is 2.46 bits per heavy atom. The van der Waals surface area contributed by atoms with Crippen molar-refractivity contribution in [2.24, 2.45) is 33.5 Å². The van der Waals surface area contributed by atoms with Crippen LogP contribution < -0.4 is 0 Å². The van der Waals surface area contributed by atoms with Crippen molar-refractivity contribution in [1.82, 2.24) is 0 Å². The van der Waals surface area contributed by atoms with Crippen molar-refractivity contribution in [3.63, 3.8) is 0 Å². The largest absolute Gasteiger partial charge is 0.469 e.